The van der Waals surface area contributed by atoms with Crippen LogP contribution in [-0.4, -0.2) is 29.7 Å². The molecule has 0 aliphatic carbocycles. The third-order valence-electron chi connectivity index (χ3n) is 6.88. The Kier molecular flexibility index (Phi) is 7.73. The maximum atomic E-state index is 6.04. The van der Waals surface area contributed by atoms with Gasteiger partial charge in [-0.1, -0.05) is 60.7 Å². The number of aryl methyl sites for hydroxylation is 1. The molecule has 0 saturated heterocycles. The molecule has 0 amide bonds. The third-order valence-corrected chi connectivity index (χ3v) is 6.88. The average Bonchev–Trinajstić information content (AvgIpc) is 3.26. The average molecular weight is 494 g/mol. The van der Waals surface area contributed by atoms with Crippen LogP contribution in [-0.2, 0) is 26.2 Å². The molecule has 37 heavy (non-hydrogen) atoms. The van der Waals surface area contributed by atoms with Crippen molar-refractivity contribution < 1.29 is 9.47 Å². The molecule has 0 fully saturated rings. The van der Waals surface area contributed by atoms with E-state index in [1.54, 1.807) is 7.11 Å². The van der Waals surface area contributed by atoms with E-state index in [-0.39, 0.29) is 0 Å². The molecule has 190 valence electrons. The number of fused-ring (bicyclic) bond motifs is 3. The molecular weight excluding hydrogens is 458 g/mol. The molecule has 0 unspecified atom stereocenters. The summed E-state index contributed by atoms with van der Waals surface area (Å²) in [6.45, 7) is 6.68. The summed E-state index contributed by atoms with van der Waals surface area (Å²) < 4.78 is 14.1. The van der Waals surface area contributed by atoms with E-state index in [4.69, 9.17) is 15.2 Å². The molecule has 0 atom stereocenters. The van der Waals surface area contributed by atoms with Crippen molar-refractivity contribution in [3.05, 3.63) is 108 Å². The van der Waals surface area contributed by atoms with Gasteiger partial charge in [-0.05, 0) is 53.9 Å². The monoisotopic (exact) mass is 493 g/mol. The number of benzene rings is 4. The van der Waals surface area contributed by atoms with Crippen LogP contribution in [0.3, 0.4) is 0 Å². The number of aromatic nitrogens is 1. The van der Waals surface area contributed by atoms with Gasteiger partial charge in [0, 0.05) is 54.5 Å². The van der Waals surface area contributed by atoms with Crippen LogP contribution in [0.4, 0.5) is 0 Å². The Balaban J connectivity index is 1.34. The molecular formula is C32H35N3O2. The molecule has 2 N–H and O–H groups in total. The molecule has 5 nitrogen and oxygen atoms in total. The Hall–Kier alpha value is -3.80. The second-order valence-electron chi connectivity index (χ2n) is 9.37. The van der Waals surface area contributed by atoms with Crippen molar-refractivity contribution in [2.24, 2.45) is 5.73 Å². The van der Waals surface area contributed by atoms with E-state index in [0.29, 0.717) is 13.2 Å². The van der Waals surface area contributed by atoms with Crippen molar-refractivity contribution >= 4 is 21.8 Å². The number of nitrogens with zero attached hydrogens (tertiary/aromatic N) is 2. The summed E-state index contributed by atoms with van der Waals surface area (Å²) in [6.07, 6.45) is 0. The number of para-hydroxylation sites is 1. The first-order valence-electron chi connectivity index (χ1n) is 13.0. The maximum absolute atomic E-state index is 6.04. The summed E-state index contributed by atoms with van der Waals surface area (Å²) in [7, 11) is 1.69. The summed E-state index contributed by atoms with van der Waals surface area (Å²) in [5.74, 6) is 1.49. The summed E-state index contributed by atoms with van der Waals surface area (Å²) in [6, 6.07) is 31.9. The van der Waals surface area contributed by atoms with E-state index in [2.05, 4.69) is 83.1 Å². The first kappa shape index (κ1) is 24.9. The minimum absolute atomic E-state index is 0.507. The first-order valence-corrected chi connectivity index (χ1v) is 13.0. The summed E-state index contributed by atoms with van der Waals surface area (Å²) in [4.78, 5) is 2.39. The van der Waals surface area contributed by atoms with E-state index in [1.807, 2.05) is 24.3 Å². The Morgan fingerprint density at radius 2 is 1.43 bits per heavy atom. The molecule has 5 rings (SSSR count). The lowest BCUT2D eigenvalue weighted by atomic mass is 10.1. The molecule has 1 heterocycles. The SMILES string of the molecule is CCn1c2ccccc2c2cc(CN(CCN)Cc3ccc(OCc4ccccc4)c(OC)c3)ccc21. The molecule has 0 aliphatic heterocycles. The van der Waals surface area contributed by atoms with Crippen LogP contribution in [0, 0.1) is 0 Å². The predicted octanol–water partition coefficient (Wildman–Crippen LogP) is 6.36. The largest absolute Gasteiger partial charge is 0.493 e. The highest BCUT2D eigenvalue weighted by molar-refractivity contribution is 6.08. The summed E-state index contributed by atoms with van der Waals surface area (Å²) in [5, 5.41) is 2.62. The van der Waals surface area contributed by atoms with Gasteiger partial charge < -0.3 is 19.8 Å². The third kappa shape index (κ3) is 5.48. The molecule has 5 heteroatoms. The van der Waals surface area contributed by atoms with Gasteiger partial charge in [-0.15, -0.1) is 0 Å². The van der Waals surface area contributed by atoms with Gasteiger partial charge in [-0.3, -0.25) is 4.90 Å². The van der Waals surface area contributed by atoms with Crippen molar-refractivity contribution in [1.29, 1.82) is 0 Å². The molecule has 0 saturated carbocycles. The van der Waals surface area contributed by atoms with E-state index in [9.17, 15) is 0 Å². The number of hydrogen-bond acceptors (Lipinski definition) is 4. The fraction of sp³-hybridized carbons (Fsp3) is 0.250. The number of rotatable bonds is 11. The number of hydrogen-bond donors (Lipinski definition) is 1. The summed E-state index contributed by atoms with van der Waals surface area (Å²) in [5.41, 5.74) is 12.2. The normalized spacial score (nSPS) is 11.5. The van der Waals surface area contributed by atoms with Crippen molar-refractivity contribution in [2.45, 2.75) is 33.2 Å². The van der Waals surface area contributed by atoms with E-state index >= 15 is 0 Å². The fourth-order valence-electron chi connectivity index (χ4n) is 5.12. The highest BCUT2D eigenvalue weighted by Crippen LogP contribution is 2.31. The Bertz CT molecular complexity index is 1480. The van der Waals surface area contributed by atoms with Crippen molar-refractivity contribution in [1.82, 2.24) is 9.47 Å². The molecule has 0 aliphatic rings. The Labute approximate surface area is 219 Å². The molecule has 4 aromatic carbocycles. The second-order valence-corrected chi connectivity index (χ2v) is 9.37. The maximum Gasteiger partial charge on any atom is 0.161 e. The van der Waals surface area contributed by atoms with E-state index in [0.717, 1.165) is 43.2 Å². The zero-order valence-corrected chi connectivity index (χ0v) is 21.7. The highest BCUT2D eigenvalue weighted by atomic mass is 16.5. The lowest BCUT2D eigenvalue weighted by Gasteiger charge is -2.22. The van der Waals surface area contributed by atoms with Crippen LogP contribution >= 0.6 is 0 Å². The lowest BCUT2D eigenvalue weighted by molar-refractivity contribution is 0.262. The Morgan fingerprint density at radius 1 is 0.730 bits per heavy atom. The van der Waals surface area contributed by atoms with Gasteiger partial charge in [0.25, 0.3) is 0 Å². The quantitative estimate of drug-likeness (QED) is 0.233. The molecule has 0 spiro atoms. The summed E-state index contributed by atoms with van der Waals surface area (Å²) >= 11 is 0. The standard InChI is InChI=1S/C32H35N3O2/c1-3-35-29-12-8-7-11-27(29)28-19-25(13-15-30(28)35)21-34(18-17-33)22-26-14-16-31(32(20-26)36-2)37-23-24-9-5-4-6-10-24/h4-16,19-20H,3,17-18,21-23,33H2,1-2H3. The predicted molar refractivity (Wildman–Crippen MR) is 152 cm³/mol. The van der Waals surface area contributed by atoms with Crippen LogP contribution in [0.25, 0.3) is 21.8 Å². The minimum Gasteiger partial charge on any atom is -0.493 e. The number of nitrogens with two attached hydrogens (primary N) is 1. The fourth-order valence-corrected chi connectivity index (χ4v) is 5.12. The topological polar surface area (TPSA) is 52.7 Å². The van der Waals surface area contributed by atoms with Crippen LogP contribution < -0.4 is 15.2 Å². The second kappa shape index (κ2) is 11.5. The Morgan fingerprint density at radius 3 is 2.19 bits per heavy atom. The molecule has 1 aromatic heterocycles. The van der Waals surface area contributed by atoms with Gasteiger partial charge >= 0.3 is 0 Å². The molecule has 5 aromatic rings. The number of ether oxygens (including phenoxy) is 2. The van der Waals surface area contributed by atoms with Crippen LogP contribution in [0.15, 0.2) is 91.0 Å². The molecule has 0 radical (unpaired) electrons. The van der Waals surface area contributed by atoms with Crippen LogP contribution in [0.2, 0.25) is 0 Å². The van der Waals surface area contributed by atoms with Gasteiger partial charge in [0.15, 0.2) is 11.5 Å². The smallest absolute Gasteiger partial charge is 0.161 e. The van der Waals surface area contributed by atoms with Crippen molar-refractivity contribution in [2.75, 3.05) is 20.2 Å². The van der Waals surface area contributed by atoms with Crippen LogP contribution in [0.5, 0.6) is 11.5 Å². The van der Waals surface area contributed by atoms with Crippen molar-refractivity contribution in [3.8, 4) is 11.5 Å². The van der Waals surface area contributed by atoms with Gasteiger partial charge in [0.1, 0.15) is 6.61 Å². The molecule has 0 bridgehead atoms. The highest BCUT2D eigenvalue weighted by Gasteiger charge is 2.13. The van der Waals surface area contributed by atoms with E-state index in [1.165, 1.54) is 32.9 Å². The van der Waals surface area contributed by atoms with Gasteiger partial charge in [-0.2, -0.15) is 0 Å². The zero-order chi connectivity index (χ0) is 25.6. The lowest BCUT2D eigenvalue weighted by Crippen LogP contribution is -2.28. The number of methoxy groups -OCH3 is 1. The minimum atomic E-state index is 0.507. The zero-order valence-electron chi connectivity index (χ0n) is 21.7. The van der Waals surface area contributed by atoms with Gasteiger partial charge in [0.05, 0.1) is 7.11 Å². The van der Waals surface area contributed by atoms with Gasteiger partial charge in [0.2, 0.25) is 0 Å². The van der Waals surface area contributed by atoms with Crippen molar-refractivity contribution in [3.63, 3.8) is 0 Å². The first-order chi connectivity index (χ1) is 18.2. The van der Waals surface area contributed by atoms with Crippen LogP contribution in [0.1, 0.15) is 23.6 Å². The van der Waals surface area contributed by atoms with E-state index < -0.39 is 0 Å². The van der Waals surface area contributed by atoms with Gasteiger partial charge in [-0.25, -0.2) is 0 Å².